The molecule has 1 aliphatic heterocycles. The van der Waals surface area contributed by atoms with Crippen LogP contribution in [0.2, 0.25) is 0 Å². The van der Waals surface area contributed by atoms with Gasteiger partial charge in [-0.05, 0) is 35.9 Å². The van der Waals surface area contributed by atoms with Gasteiger partial charge >= 0.3 is 0 Å². The lowest BCUT2D eigenvalue weighted by atomic mass is 10.1. The Bertz CT molecular complexity index is 1740. The molecule has 0 saturated carbocycles. The van der Waals surface area contributed by atoms with E-state index >= 15 is 0 Å². The minimum Gasteiger partial charge on any atom is -0.497 e. The van der Waals surface area contributed by atoms with Crippen LogP contribution in [0.4, 0.5) is 0 Å². The predicted octanol–water partition coefficient (Wildman–Crippen LogP) is 3.43. The molecule has 5 aromatic rings. The number of rotatable bonds is 8. The lowest BCUT2D eigenvalue weighted by Gasteiger charge is -2.34. The number of hydrogen-bond acceptors (Lipinski definition) is 6. The third-order valence-electron chi connectivity index (χ3n) is 7.90. The highest BCUT2D eigenvalue weighted by Gasteiger charge is 2.24. The van der Waals surface area contributed by atoms with Gasteiger partial charge in [0.2, 0.25) is 0 Å². The molecular formula is C32H34N6O3. The number of nitrogens with one attached hydrogen (secondary N) is 1. The van der Waals surface area contributed by atoms with Crippen molar-refractivity contribution in [2.24, 2.45) is 7.05 Å². The van der Waals surface area contributed by atoms with Crippen LogP contribution >= 0.6 is 0 Å². The third kappa shape index (κ3) is 5.33. The first-order valence-corrected chi connectivity index (χ1v) is 13.9. The van der Waals surface area contributed by atoms with Crippen molar-refractivity contribution in [1.29, 1.82) is 0 Å². The van der Waals surface area contributed by atoms with E-state index in [0.717, 1.165) is 50.2 Å². The Kier molecular flexibility index (Phi) is 7.54. The van der Waals surface area contributed by atoms with Crippen LogP contribution in [0.25, 0.3) is 27.5 Å². The number of amides is 1. The van der Waals surface area contributed by atoms with E-state index in [1.165, 1.54) is 10.2 Å². The van der Waals surface area contributed by atoms with Gasteiger partial charge < -0.3 is 14.6 Å². The van der Waals surface area contributed by atoms with Crippen molar-refractivity contribution in [2.75, 3.05) is 46.4 Å². The Labute approximate surface area is 238 Å². The number of nitrogens with zero attached hydrogens (tertiary/aromatic N) is 5. The number of para-hydroxylation sites is 1. The average Bonchev–Trinajstić information content (AvgIpc) is 3.31. The highest BCUT2D eigenvalue weighted by Crippen LogP contribution is 2.28. The molecule has 41 heavy (non-hydrogen) atoms. The van der Waals surface area contributed by atoms with Gasteiger partial charge in [0, 0.05) is 69.2 Å². The minimum atomic E-state index is -0.295. The number of methoxy groups -OCH3 is 1. The Hall–Kier alpha value is -4.47. The maximum atomic E-state index is 13.7. The van der Waals surface area contributed by atoms with Crippen LogP contribution < -0.4 is 15.6 Å². The molecule has 0 aliphatic carbocycles. The molecule has 9 nitrogen and oxygen atoms in total. The van der Waals surface area contributed by atoms with E-state index in [2.05, 4.69) is 44.5 Å². The van der Waals surface area contributed by atoms with Gasteiger partial charge in [0.05, 0.1) is 12.8 Å². The molecule has 210 valence electrons. The summed E-state index contributed by atoms with van der Waals surface area (Å²) in [4.78, 5) is 32.2. The van der Waals surface area contributed by atoms with E-state index in [-0.39, 0.29) is 17.2 Å². The molecule has 3 heterocycles. The fraction of sp³-hybridized carbons (Fsp3) is 0.281. The first-order chi connectivity index (χ1) is 20.0. The summed E-state index contributed by atoms with van der Waals surface area (Å²) in [6.45, 7) is 6.10. The summed E-state index contributed by atoms with van der Waals surface area (Å²) in [6.07, 6.45) is 0. The Morgan fingerprint density at radius 3 is 2.32 bits per heavy atom. The normalized spacial score (nSPS) is 14.5. The van der Waals surface area contributed by atoms with Crippen molar-refractivity contribution in [2.45, 2.75) is 6.54 Å². The number of carbonyl (C=O) groups is 1. The molecule has 0 unspecified atom stereocenters. The van der Waals surface area contributed by atoms with Crippen molar-refractivity contribution >= 4 is 27.7 Å². The third-order valence-corrected chi connectivity index (χ3v) is 7.90. The minimum absolute atomic E-state index is 0.236. The van der Waals surface area contributed by atoms with E-state index in [1.807, 2.05) is 41.9 Å². The molecule has 1 aliphatic rings. The number of piperazine rings is 1. The second-order valence-electron chi connectivity index (χ2n) is 10.4. The summed E-state index contributed by atoms with van der Waals surface area (Å²) in [6, 6.07) is 25.3. The zero-order valence-corrected chi connectivity index (χ0v) is 23.4. The second kappa shape index (κ2) is 11.6. The zero-order chi connectivity index (χ0) is 28.3. The van der Waals surface area contributed by atoms with Gasteiger partial charge in [0.1, 0.15) is 11.3 Å². The Balaban J connectivity index is 1.22. The van der Waals surface area contributed by atoms with Crippen molar-refractivity contribution in [3.8, 4) is 11.4 Å². The predicted molar refractivity (Wildman–Crippen MR) is 161 cm³/mol. The fourth-order valence-corrected chi connectivity index (χ4v) is 5.66. The Morgan fingerprint density at radius 2 is 1.59 bits per heavy atom. The molecule has 1 fully saturated rings. The smallest absolute Gasteiger partial charge is 0.296 e. The van der Waals surface area contributed by atoms with Gasteiger partial charge in [-0.3, -0.25) is 19.4 Å². The Morgan fingerprint density at radius 1 is 0.902 bits per heavy atom. The summed E-state index contributed by atoms with van der Waals surface area (Å²) in [5, 5.41) is 9.10. The van der Waals surface area contributed by atoms with Gasteiger partial charge in [0.15, 0.2) is 5.69 Å². The number of fused-ring (bicyclic) bond motifs is 3. The largest absolute Gasteiger partial charge is 0.497 e. The van der Waals surface area contributed by atoms with E-state index in [1.54, 1.807) is 31.4 Å². The van der Waals surface area contributed by atoms with E-state index in [4.69, 9.17) is 4.74 Å². The lowest BCUT2D eigenvalue weighted by molar-refractivity contribution is 0.0929. The average molecular weight is 551 g/mol. The quantitative estimate of drug-likeness (QED) is 0.319. The summed E-state index contributed by atoms with van der Waals surface area (Å²) in [5.41, 5.74) is 3.16. The van der Waals surface area contributed by atoms with Crippen LogP contribution in [0, 0.1) is 0 Å². The number of carbonyl (C=O) groups excluding carboxylic acids is 1. The molecule has 1 N–H and O–H groups in total. The van der Waals surface area contributed by atoms with Crippen LogP contribution in [0.5, 0.6) is 5.75 Å². The van der Waals surface area contributed by atoms with Crippen LogP contribution in [0.15, 0.2) is 83.7 Å². The van der Waals surface area contributed by atoms with E-state index in [0.29, 0.717) is 28.9 Å². The van der Waals surface area contributed by atoms with Crippen LogP contribution in [-0.2, 0) is 13.6 Å². The van der Waals surface area contributed by atoms with Gasteiger partial charge in [-0.1, -0.05) is 48.5 Å². The highest BCUT2D eigenvalue weighted by atomic mass is 16.5. The molecule has 6 rings (SSSR count). The van der Waals surface area contributed by atoms with Crippen molar-refractivity contribution in [3.63, 3.8) is 0 Å². The topological polar surface area (TPSA) is 84.6 Å². The molecular weight excluding hydrogens is 516 g/mol. The number of aryl methyl sites for hydroxylation is 1. The van der Waals surface area contributed by atoms with Gasteiger partial charge in [-0.25, -0.2) is 0 Å². The maximum Gasteiger partial charge on any atom is 0.296 e. The molecule has 0 spiro atoms. The number of hydrogen-bond donors (Lipinski definition) is 1. The molecule has 1 amide bonds. The molecule has 0 bridgehead atoms. The molecule has 3 aromatic carbocycles. The second-order valence-corrected chi connectivity index (χ2v) is 10.4. The molecule has 9 heteroatoms. The monoisotopic (exact) mass is 550 g/mol. The van der Waals surface area contributed by atoms with Crippen molar-refractivity contribution < 1.29 is 9.53 Å². The van der Waals surface area contributed by atoms with E-state index < -0.39 is 0 Å². The van der Waals surface area contributed by atoms with Crippen molar-refractivity contribution in [1.82, 2.24) is 29.5 Å². The van der Waals surface area contributed by atoms with Gasteiger partial charge in [-0.15, -0.1) is 0 Å². The fourth-order valence-electron chi connectivity index (χ4n) is 5.66. The number of ether oxygens (including phenoxy) is 1. The van der Waals surface area contributed by atoms with Gasteiger partial charge in [0.25, 0.3) is 11.5 Å². The summed E-state index contributed by atoms with van der Waals surface area (Å²) in [5.74, 6) is 0.377. The highest BCUT2D eigenvalue weighted by molar-refractivity contribution is 6.16. The maximum absolute atomic E-state index is 13.7. The van der Waals surface area contributed by atoms with Crippen LogP contribution in [-0.4, -0.2) is 76.4 Å². The number of aromatic nitrogens is 3. The molecule has 0 radical (unpaired) electrons. The standard InChI is InChI=1S/C32H34N6O3/c1-35-27-11-7-6-10-26(27)28-29(34-38(32(40)30(28)35)24-12-14-25(41-2)15-13-24)31(39)33-16-17-36-18-20-37(21-19-36)22-23-8-4-3-5-9-23/h3-15H,16-22H2,1-2H3,(H,33,39). The van der Waals surface area contributed by atoms with Crippen LogP contribution in [0.1, 0.15) is 16.1 Å². The van der Waals surface area contributed by atoms with E-state index in [9.17, 15) is 9.59 Å². The first-order valence-electron chi connectivity index (χ1n) is 13.9. The summed E-state index contributed by atoms with van der Waals surface area (Å²) in [7, 11) is 3.44. The van der Waals surface area contributed by atoms with Gasteiger partial charge in [-0.2, -0.15) is 9.78 Å². The molecule has 2 aromatic heterocycles. The SMILES string of the molecule is COc1ccc(-n2nc(C(=O)NCCN3CCN(Cc4ccccc4)CC3)c3c4ccccc4n(C)c3c2=O)cc1. The first kappa shape index (κ1) is 26.7. The summed E-state index contributed by atoms with van der Waals surface area (Å²) < 4.78 is 8.43. The zero-order valence-electron chi connectivity index (χ0n) is 23.4. The van der Waals surface area contributed by atoms with Crippen LogP contribution in [0.3, 0.4) is 0 Å². The number of benzene rings is 3. The van der Waals surface area contributed by atoms with Crippen molar-refractivity contribution in [3.05, 3.63) is 100 Å². The molecule has 1 saturated heterocycles. The molecule has 0 atom stereocenters. The lowest BCUT2D eigenvalue weighted by Crippen LogP contribution is -2.48. The summed E-state index contributed by atoms with van der Waals surface area (Å²) >= 11 is 0.